The van der Waals surface area contributed by atoms with E-state index < -0.39 is 23.9 Å². The van der Waals surface area contributed by atoms with Gasteiger partial charge in [-0.25, -0.2) is 0 Å². The van der Waals surface area contributed by atoms with E-state index in [0.717, 1.165) is 24.0 Å². The van der Waals surface area contributed by atoms with E-state index in [1.807, 2.05) is 78.9 Å². The average Bonchev–Trinajstić information content (AvgIpc) is 2.92. The number of benzene rings is 3. The molecule has 0 aliphatic heterocycles. The summed E-state index contributed by atoms with van der Waals surface area (Å²) in [5.74, 6) is -2.58. The van der Waals surface area contributed by atoms with Gasteiger partial charge in [0.2, 0.25) is 0 Å². The summed E-state index contributed by atoms with van der Waals surface area (Å²) in [6, 6.07) is 28.2. The predicted molar refractivity (Wildman–Crippen MR) is 153 cm³/mol. The number of rotatable bonds is 13. The molecule has 3 atom stereocenters. The number of hydrogen-bond acceptors (Lipinski definition) is 3. The molecule has 4 nitrogen and oxygen atoms in total. The Kier molecular flexibility index (Phi) is 11.1. The van der Waals surface area contributed by atoms with E-state index in [4.69, 9.17) is 4.74 Å². The SMILES string of the molecule is CC(C)=CCCC(C)=CCC(C(=O)OC(CC(C(=O)O)c1ccccc1)c1ccccc1)c1ccccc1. The van der Waals surface area contributed by atoms with Crippen LogP contribution in [0.25, 0.3) is 0 Å². The van der Waals surface area contributed by atoms with Crippen LogP contribution in [0.3, 0.4) is 0 Å². The Morgan fingerprint density at radius 1 is 0.737 bits per heavy atom. The Hall–Kier alpha value is -3.92. The minimum Gasteiger partial charge on any atom is -0.481 e. The van der Waals surface area contributed by atoms with Crippen LogP contribution in [-0.2, 0) is 14.3 Å². The number of allylic oxidation sites excluding steroid dienone is 4. The van der Waals surface area contributed by atoms with Crippen LogP contribution in [0, 0.1) is 0 Å². The number of hydrogen-bond donors (Lipinski definition) is 1. The van der Waals surface area contributed by atoms with Gasteiger partial charge < -0.3 is 9.84 Å². The van der Waals surface area contributed by atoms with E-state index in [1.54, 1.807) is 12.1 Å². The first kappa shape index (κ1) is 28.6. The molecule has 0 radical (unpaired) electrons. The van der Waals surface area contributed by atoms with Crippen molar-refractivity contribution in [1.82, 2.24) is 0 Å². The van der Waals surface area contributed by atoms with Gasteiger partial charge in [0.05, 0.1) is 11.8 Å². The number of aliphatic carboxylic acids is 1. The summed E-state index contributed by atoms with van der Waals surface area (Å²) in [5, 5.41) is 10.0. The first-order valence-electron chi connectivity index (χ1n) is 13.2. The fraction of sp³-hybridized carbons (Fsp3) is 0.294. The molecule has 3 rings (SSSR count). The Bertz CT molecular complexity index is 1210. The van der Waals surface area contributed by atoms with E-state index in [0.29, 0.717) is 12.0 Å². The molecule has 0 fully saturated rings. The molecule has 0 spiro atoms. The fourth-order valence-electron chi connectivity index (χ4n) is 4.48. The zero-order valence-corrected chi connectivity index (χ0v) is 22.5. The van der Waals surface area contributed by atoms with E-state index in [-0.39, 0.29) is 12.4 Å². The van der Waals surface area contributed by atoms with Crippen molar-refractivity contribution in [2.24, 2.45) is 0 Å². The average molecular weight is 511 g/mol. The van der Waals surface area contributed by atoms with Gasteiger partial charge >= 0.3 is 11.9 Å². The van der Waals surface area contributed by atoms with Crippen molar-refractivity contribution >= 4 is 11.9 Å². The summed E-state index contributed by atoms with van der Waals surface area (Å²) in [7, 11) is 0. The lowest BCUT2D eigenvalue weighted by molar-refractivity contribution is -0.154. The third-order valence-corrected chi connectivity index (χ3v) is 6.66. The maximum Gasteiger partial charge on any atom is 0.314 e. The molecule has 0 aliphatic rings. The van der Waals surface area contributed by atoms with Gasteiger partial charge in [0.25, 0.3) is 0 Å². The molecule has 198 valence electrons. The number of carboxylic acid groups (broad SMARTS) is 1. The first-order valence-corrected chi connectivity index (χ1v) is 13.2. The molecule has 0 bridgehead atoms. The second kappa shape index (κ2) is 14.7. The highest BCUT2D eigenvalue weighted by atomic mass is 16.5. The van der Waals surface area contributed by atoms with E-state index >= 15 is 0 Å². The highest BCUT2D eigenvalue weighted by molar-refractivity contribution is 5.79. The first-order chi connectivity index (χ1) is 18.3. The molecular weight excluding hydrogens is 472 g/mol. The zero-order valence-electron chi connectivity index (χ0n) is 22.5. The summed E-state index contributed by atoms with van der Waals surface area (Å²) in [6.45, 7) is 6.28. The molecule has 3 aromatic carbocycles. The minimum absolute atomic E-state index is 0.147. The molecule has 1 N–H and O–H groups in total. The summed E-state index contributed by atoms with van der Waals surface area (Å²) in [5.41, 5.74) is 4.88. The van der Waals surface area contributed by atoms with E-state index in [2.05, 4.69) is 32.9 Å². The fourth-order valence-corrected chi connectivity index (χ4v) is 4.48. The second-order valence-corrected chi connectivity index (χ2v) is 9.94. The number of carbonyl (C=O) groups excluding carboxylic acids is 1. The largest absolute Gasteiger partial charge is 0.481 e. The smallest absolute Gasteiger partial charge is 0.314 e. The summed E-state index contributed by atoms with van der Waals surface area (Å²) < 4.78 is 6.16. The maximum absolute atomic E-state index is 13.7. The van der Waals surface area contributed by atoms with Gasteiger partial charge in [-0.05, 0) is 56.7 Å². The van der Waals surface area contributed by atoms with E-state index in [9.17, 15) is 14.7 Å². The van der Waals surface area contributed by atoms with Gasteiger partial charge in [-0.2, -0.15) is 0 Å². The van der Waals surface area contributed by atoms with Crippen LogP contribution >= 0.6 is 0 Å². The van der Waals surface area contributed by atoms with Gasteiger partial charge in [-0.1, -0.05) is 114 Å². The Morgan fingerprint density at radius 2 is 1.24 bits per heavy atom. The summed E-state index contributed by atoms with van der Waals surface area (Å²) >= 11 is 0. The monoisotopic (exact) mass is 510 g/mol. The Labute approximate surface area is 226 Å². The normalized spacial score (nSPS) is 13.7. The van der Waals surface area contributed by atoms with Crippen molar-refractivity contribution in [3.8, 4) is 0 Å². The van der Waals surface area contributed by atoms with Crippen LogP contribution < -0.4 is 0 Å². The molecule has 0 saturated carbocycles. The van der Waals surface area contributed by atoms with Crippen molar-refractivity contribution in [2.45, 2.75) is 64.4 Å². The topological polar surface area (TPSA) is 63.6 Å². The Balaban J connectivity index is 1.86. The van der Waals surface area contributed by atoms with Crippen molar-refractivity contribution < 1.29 is 19.4 Å². The predicted octanol–water partition coefficient (Wildman–Crippen LogP) is 8.40. The molecule has 0 aliphatic carbocycles. The minimum atomic E-state index is -0.942. The zero-order chi connectivity index (χ0) is 27.3. The lowest BCUT2D eigenvalue weighted by atomic mass is 9.90. The third-order valence-electron chi connectivity index (χ3n) is 6.66. The number of ether oxygens (including phenoxy) is 1. The van der Waals surface area contributed by atoms with Gasteiger partial charge in [0.15, 0.2) is 0 Å². The van der Waals surface area contributed by atoms with Crippen molar-refractivity contribution in [3.63, 3.8) is 0 Å². The molecule has 4 heteroatoms. The molecule has 3 unspecified atom stereocenters. The van der Waals surface area contributed by atoms with Crippen LogP contribution in [0.4, 0.5) is 0 Å². The van der Waals surface area contributed by atoms with Gasteiger partial charge in [0.1, 0.15) is 6.10 Å². The summed E-state index contributed by atoms with van der Waals surface area (Å²) in [6.07, 6.45) is 6.22. The quantitative estimate of drug-likeness (QED) is 0.185. The highest BCUT2D eigenvalue weighted by Gasteiger charge is 2.30. The Morgan fingerprint density at radius 3 is 1.74 bits per heavy atom. The van der Waals surface area contributed by atoms with Gasteiger partial charge in [-0.3, -0.25) is 9.59 Å². The lowest BCUT2D eigenvalue weighted by Crippen LogP contribution is -2.22. The second-order valence-electron chi connectivity index (χ2n) is 9.94. The number of carbonyl (C=O) groups is 2. The van der Waals surface area contributed by atoms with Crippen LogP contribution in [-0.4, -0.2) is 17.0 Å². The van der Waals surface area contributed by atoms with Crippen LogP contribution in [0.15, 0.2) is 114 Å². The molecule has 3 aromatic rings. The van der Waals surface area contributed by atoms with Gasteiger partial charge in [-0.15, -0.1) is 0 Å². The molecule has 38 heavy (non-hydrogen) atoms. The number of esters is 1. The van der Waals surface area contributed by atoms with Crippen molar-refractivity contribution in [3.05, 3.63) is 131 Å². The third kappa shape index (κ3) is 8.88. The van der Waals surface area contributed by atoms with Crippen molar-refractivity contribution in [2.75, 3.05) is 0 Å². The highest BCUT2D eigenvalue weighted by Crippen LogP contribution is 2.34. The number of carboxylic acids is 1. The van der Waals surface area contributed by atoms with Crippen LogP contribution in [0.2, 0.25) is 0 Å². The molecule has 0 saturated heterocycles. The molecule has 0 amide bonds. The standard InChI is InChI=1S/C34H38O4/c1-25(2)14-13-15-26(3)22-23-30(27-16-7-4-8-17-27)34(37)38-32(29-20-11-6-12-21-29)24-31(33(35)36)28-18-9-5-10-19-28/h4-12,14,16-22,30-32H,13,15,23-24H2,1-3H3,(H,35,36). The maximum atomic E-state index is 13.7. The summed E-state index contributed by atoms with van der Waals surface area (Å²) in [4.78, 5) is 26.0. The lowest BCUT2D eigenvalue weighted by Gasteiger charge is -2.25. The van der Waals surface area contributed by atoms with Crippen molar-refractivity contribution in [1.29, 1.82) is 0 Å². The van der Waals surface area contributed by atoms with Crippen LogP contribution in [0.1, 0.15) is 81.1 Å². The van der Waals surface area contributed by atoms with Crippen LogP contribution in [0.5, 0.6) is 0 Å². The van der Waals surface area contributed by atoms with Gasteiger partial charge in [0, 0.05) is 6.42 Å². The molecular formula is C34H38O4. The molecule has 0 aromatic heterocycles. The molecule has 0 heterocycles. The van der Waals surface area contributed by atoms with E-state index in [1.165, 1.54) is 11.1 Å².